The Morgan fingerprint density at radius 1 is 0.333 bits per heavy atom. The van der Waals surface area contributed by atoms with Gasteiger partial charge in [-0.15, -0.1) is 0 Å². The Kier molecular flexibility index (Phi) is 6.78. The monoisotopic (exact) mass is 651 g/mol. The molecule has 4 heteroatoms. The van der Waals surface area contributed by atoms with Crippen LogP contribution in [0, 0.1) is 0 Å². The zero-order chi connectivity index (χ0) is 33.7. The quantitative estimate of drug-likeness (QED) is 0.186. The molecule has 0 saturated heterocycles. The van der Waals surface area contributed by atoms with Gasteiger partial charge in [-0.05, 0) is 50.5 Å². The molecule has 0 amide bonds. The molecule has 8 aromatic carbocycles. The van der Waals surface area contributed by atoms with E-state index in [0.717, 1.165) is 71.3 Å². The molecule has 0 radical (unpaired) electrons. The molecule has 0 saturated carbocycles. The minimum atomic E-state index is 0.615. The van der Waals surface area contributed by atoms with Crippen molar-refractivity contribution < 1.29 is 4.42 Å². The van der Waals surface area contributed by atoms with Gasteiger partial charge in [-0.25, -0.2) is 15.0 Å². The van der Waals surface area contributed by atoms with E-state index in [1.165, 1.54) is 11.1 Å². The molecule has 10 rings (SSSR count). The lowest BCUT2D eigenvalue weighted by molar-refractivity contribution is 0.673. The maximum absolute atomic E-state index is 6.69. The number of hydrogen-bond donors (Lipinski definition) is 0. The van der Waals surface area contributed by atoms with Crippen LogP contribution in [-0.2, 0) is 0 Å². The molecule has 0 aliphatic rings. The molecular formula is C47H29N3O. The number of hydrogen-bond acceptors (Lipinski definition) is 4. The molecule has 0 spiro atoms. The van der Waals surface area contributed by atoms with Crippen LogP contribution >= 0.6 is 0 Å². The van der Waals surface area contributed by atoms with E-state index in [4.69, 9.17) is 19.4 Å². The number of fused-ring (bicyclic) bond motifs is 6. The van der Waals surface area contributed by atoms with Crippen LogP contribution in [0.25, 0.3) is 99.9 Å². The highest BCUT2D eigenvalue weighted by atomic mass is 16.3. The second-order valence-corrected chi connectivity index (χ2v) is 12.8. The molecule has 0 fully saturated rings. The zero-order valence-electron chi connectivity index (χ0n) is 27.5. The van der Waals surface area contributed by atoms with Crippen LogP contribution in [0.1, 0.15) is 0 Å². The van der Waals surface area contributed by atoms with Gasteiger partial charge >= 0.3 is 0 Å². The van der Waals surface area contributed by atoms with Gasteiger partial charge in [0.05, 0.1) is 0 Å². The van der Waals surface area contributed by atoms with Crippen molar-refractivity contribution in [2.75, 3.05) is 0 Å². The van der Waals surface area contributed by atoms with E-state index in [1.54, 1.807) is 0 Å². The Morgan fingerprint density at radius 3 is 1.67 bits per heavy atom. The number of furan rings is 1. The lowest BCUT2D eigenvalue weighted by Gasteiger charge is -2.12. The highest BCUT2D eigenvalue weighted by Gasteiger charge is 2.21. The first-order chi connectivity index (χ1) is 25.3. The molecule has 0 unspecified atom stereocenters. The van der Waals surface area contributed by atoms with Crippen molar-refractivity contribution in [1.29, 1.82) is 0 Å². The maximum atomic E-state index is 6.69. The van der Waals surface area contributed by atoms with Crippen molar-refractivity contribution >= 4 is 43.5 Å². The number of nitrogens with zero attached hydrogens (tertiary/aromatic N) is 3. The number of rotatable bonds is 5. The summed E-state index contributed by atoms with van der Waals surface area (Å²) in [6, 6.07) is 60.9. The fourth-order valence-corrected chi connectivity index (χ4v) is 7.30. The van der Waals surface area contributed by atoms with Crippen molar-refractivity contribution in [3.63, 3.8) is 0 Å². The molecule has 51 heavy (non-hydrogen) atoms. The van der Waals surface area contributed by atoms with Crippen molar-refractivity contribution in [3.8, 4) is 56.4 Å². The van der Waals surface area contributed by atoms with E-state index in [0.29, 0.717) is 17.5 Å². The first-order valence-corrected chi connectivity index (χ1v) is 17.1. The van der Waals surface area contributed by atoms with E-state index in [-0.39, 0.29) is 0 Å². The average molecular weight is 652 g/mol. The van der Waals surface area contributed by atoms with E-state index in [2.05, 4.69) is 140 Å². The topological polar surface area (TPSA) is 51.8 Å². The normalized spacial score (nSPS) is 11.5. The number of benzene rings is 8. The molecule has 4 nitrogen and oxygen atoms in total. The van der Waals surface area contributed by atoms with Crippen LogP contribution in [0.5, 0.6) is 0 Å². The Bertz CT molecular complexity index is 2890. The van der Waals surface area contributed by atoms with Gasteiger partial charge in [0.1, 0.15) is 11.2 Å². The Morgan fingerprint density at radius 2 is 0.882 bits per heavy atom. The summed E-state index contributed by atoms with van der Waals surface area (Å²) in [5.41, 5.74) is 9.14. The molecule has 0 aliphatic carbocycles. The molecule has 2 aromatic heterocycles. The predicted molar refractivity (Wildman–Crippen MR) is 209 cm³/mol. The second kappa shape index (κ2) is 11.9. The van der Waals surface area contributed by atoms with Gasteiger partial charge in [-0.3, -0.25) is 0 Å². The summed E-state index contributed by atoms with van der Waals surface area (Å²) in [6.45, 7) is 0. The summed E-state index contributed by atoms with van der Waals surface area (Å²) in [7, 11) is 0. The Hall–Kier alpha value is -6.91. The molecule has 0 bridgehead atoms. The van der Waals surface area contributed by atoms with Gasteiger partial charge in [0.25, 0.3) is 0 Å². The van der Waals surface area contributed by atoms with E-state index in [1.807, 2.05) is 36.4 Å². The molecule has 0 atom stereocenters. The van der Waals surface area contributed by atoms with Gasteiger partial charge in [0.15, 0.2) is 17.5 Å². The first kappa shape index (κ1) is 29.0. The molecule has 10 aromatic rings. The second-order valence-electron chi connectivity index (χ2n) is 12.8. The zero-order valence-corrected chi connectivity index (χ0v) is 27.5. The lowest BCUT2D eigenvalue weighted by Crippen LogP contribution is -2.01. The van der Waals surface area contributed by atoms with Crippen LogP contribution in [0.4, 0.5) is 0 Å². The van der Waals surface area contributed by atoms with Crippen LogP contribution in [0.15, 0.2) is 180 Å². The summed E-state index contributed by atoms with van der Waals surface area (Å²) >= 11 is 0. The van der Waals surface area contributed by atoms with Gasteiger partial charge < -0.3 is 4.42 Å². The highest BCUT2D eigenvalue weighted by molar-refractivity contribution is 6.22. The van der Waals surface area contributed by atoms with E-state index in [9.17, 15) is 0 Å². The largest absolute Gasteiger partial charge is 0.455 e. The fraction of sp³-hybridized carbons (Fsp3) is 0. The highest BCUT2D eigenvalue weighted by Crippen LogP contribution is 2.43. The van der Waals surface area contributed by atoms with Gasteiger partial charge in [0.2, 0.25) is 0 Å². The molecule has 2 heterocycles. The molecule has 238 valence electrons. The van der Waals surface area contributed by atoms with Crippen molar-refractivity contribution in [1.82, 2.24) is 15.0 Å². The predicted octanol–water partition coefficient (Wildman–Crippen LogP) is 12.4. The van der Waals surface area contributed by atoms with Crippen LogP contribution < -0.4 is 0 Å². The lowest BCUT2D eigenvalue weighted by atomic mass is 9.94. The number of aromatic nitrogens is 3. The van der Waals surface area contributed by atoms with Crippen LogP contribution in [0.2, 0.25) is 0 Å². The fourth-order valence-electron chi connectivity index (χ4n) is 7.30. The Labute approximate surface area is 294 Å². The summed E-state index contributed by atoms with van der Waals surface area (Å²) in [5, 5.41) is 6.36. The SMILES string of the molecule is c1ccc(-c2ccc(-c3cccc4oc5c6ccccc6c(-c6nc(-c7ccccc7)nc(-c7cccc8ccccc78)n6)cc5c34)cc2)cc1. The summed E-state index contributed by atoms with van der Waals surface area (Å²) in [6.07, 6.45) is 0. The minimum absolute atomic E-state index is 0.615. The van der Waals surface area contributed by atoms with E-state index >= 15 is 0 Å². The summed E-state index contributed by atoms with van der Waals surface area (Å²) in [4.78, 5) is 15.5. The van der Waals surface area contributed by atoms with Gasteiger partial charge in [-0.1, -0.05) is 164 Å². The van der Waals surface area contributed by atoms with Crippen molar-refractivity contribution in [2.24, 2.45) is 0 Å². The smallest absolute Gasteiger partial charge is 0.164 e. The standard InChI is InChI=1S/C47H29N3O/c1-3-13-30(14-4-1)31-25-27-33(28-26-31)36-22-12-24-42-43(36)41-29-40(37-20-9-10-21-38(37)44(41)51-42)47-49-45(34-16-5-2-6-17-34)48-46(50-47)39-23-11-18-32-15-7-8-19-35(32)39/h1-29H. The molecule has 0 aliphatic heterocycles. The van der Waals surface area contributed by atoms with Crippen LogP contribution in [-0.4, -0.2) is 15.0 Å². The molecular weight excluding hydrogens is 623 g/mol. The summed E-state index contributed by atoms with van der Waals surface area (Å²) < 4.78 is 6.69. The summed E-state index contributed by atoms with van der Waals surface area (Å²) in [5.74, 6) is 1.88. The van der Waals surface area contributed by atoms with Gasteiger partial charge in [0, 0.05) is 32.8 Å². The third-order valence-electron chi connectivity index (χ3n) is 9.74. The molecule has 0 N–H and O–H groups in total. The maximum Gasteiger partial charge on any atom is 0.164 e. The first-order valence-electron chi connectivity index (χ1n) is 17.1. The minimum Gasteiger partial charge on any atom is -0.455 e. The van der Waals surface area contributed by atoms with Crippen LogP contribution in [0.3, 0.4) is 0 Å². The van der Waals surface area contributed by atoms with Crippen molar-refractivity contribution in [3.05, 3.63) is 176 Å². The third-order valence-corrected chi connectivity index (χ3v) is 9.74. The average Bonchev–Trinajstić information content (AvgIpc) is 3.60. The van der Waals surface area contributed by atoms with Crippen molar-refractivity contribution in [2.45, 2.75) is 0 Å². The van der Waals surface area contributed by atoms with E-state index < -0.39 is 0 Å². The Balaban J connectivity index is 1.23. The third kappa shape index (κ3) is 4.96. The van der Waals surface area contributed by atoms with Gasteiger partial charge in [-0.2, -0.15) is 0 Å².